The van der Waals surface area contributed by atoms with Crippen molar-refractivity contribution in [1.82, 2.24) is 14.9 Å². The first-order valence-electron chi connectivity index (χ1n) is 7.13. The smallest absolute Gasteiger partial charge is 0.316 e. The lowest BCUT2D eigenvalue weighted by molar-refractivity contribution is 0.0769. The van der Waals surface area contributed by atoms with Gasteiger partial charge in [-0.05, 0) is 24.3 Å². The maximum absolute atomic E-state index is 12.5. The summed E-state index contributed by atoms with van der Waals surface area (Å²) in [6, 6.07) is 9.26. The highest BCUT2D eigenvalue weighted by molar-refractivity contribution is 5.94. The molecular formula is C16H17N3O3. The fourth-order valence-electron chi connectivity index (χ4n) is 2.44. The van der Waals surface area contributed by atoms with Crippen LogP contribution in [0.25, 0.3) is 0 Å². The Bertz CT molecular complexity index is 648. The van der Waals surface area contributed by atoms with Crippen LogP contribution in [0.3, 0.4) is 0 Å². The number of hydrogen-bond donors (Lipinski definition) is 0. The van der Waals surface area contributed by atoms with E-state index in [2.05, 4.69) is 9.97 Å². The molecule has 1 aliphatic rings. The average molecular weight is 299 g/mol. The van der Waals surface area contributed by atoms with Gasteiger partial charge in [0.25, 0.3) is 5.91 Å². The van der Waals surface area contributed by atoms with Gasteiger partial charge in [-0.25, -0.2) is 9.97 Å². The molecule has 1 saturated heterocycles. The summed E-state index contributed by atoms with van der Waals surface area (Å²) in [6.45, 7) is 1.20. The number of rotatable bonds is 4. The molecule has 0 bridgehead atoms. The van der Waals surface area contributed by atoms with Crippen LogP contribution in [0.5, 0.6) is 11.8 Å². The second-order valence-electron chi connectivity index (χ2n) is 5.04. The number of benzene rings is 1. The molecule has 6 heteroatoms. The molecule has 1 atom stereocenters. The predicted molar refractivity (Wildman–Crippen MR) is 80.0 cm³/mol. The number of amides is 1. The number of carbonyl (C=O) groups is 1. The van der Waals surface area contributed by atoms with Crippen LogP contribution in [0.15, 0.2) is 42.7 Å². The van der Waals surface area contributed by atoms with Crippen molar-refractivity contribution in [1.29, 1.82) is 0 Å². The minimum absolute atomic E-state index is 0.0148. The van der Waals surface area contributed by atoms with Crippen LogP contribution in [0.4, 0.5) is 0 Å². The highest BCUT2D eigenvalue weighted by atomic mass is 16.5. The van der Waals surface area contributed by atoms with E-state index in [1.165, 1.54) is 0 Å². The van der Waals surface area contributed by atoms with Crippen molar-refractivity contribution in [2.45, 2.75) is 12.5 Å². The maximum Gasteiger partial charge on any atom is 0.316 e. The van der Waals surface area contributed by atoms with Gasteiger partial charge in [-0.2, -0.15) is 0 Å². The lowest BCUT2D eigenvalue weighted by Crippen LogP contribution is -2.31. The van der Waals surface area contributed by atoms with Gasteiger partial charge in [-0.3, -0.25) is 4.79 Å². The molecule has 1 aliphatic heterocycles. The minimum Gasteiger partial charge on any atom is -0.497 e. The number of methoxy groups -OCH3 is 1. The largest absolute Gasteiger partial charge is 0.497 e. The Kier molecular flexibility index (Phi) is 4.18. The van der Waals surface area contributed by atoms with Crippen LogP contribution in [0.1, 0.15) is 16.8 Å². The van der Waals surface area contributed by atoms with Crippen molar-refractivity contribution >= 4 is 5.91 Å². The second kappa shape index (κ2) is 6.43. The predicted octanol–water partition coefficient (Wildman–Crippen LogP) is 1.78. The van der Waals surface area contributed by atoms with Gasteiger partial charge in [0.05, 0.1) is 13.7 Å². The molecule has 0 unspecified atom stereocenters. The van der Waals surface area contributed by atoms with Gasteiger partial charge < -0.3 is 14.4 Å². The van der Waals surface area contributed by atoms with E-state index in [9.17, 15) is 4.79 Å². The van der Waals surface area contributed by atoms with E-state index in [0.29, 0.717) is 30.4 Å². The fourth-order valence-corrected chi connectivity index (χ4v) is 2.44. The van der Waals surface area contributed by atoms with Crippen LogP contribution < -0.4 is 9.47 Å². The first-order valence-corrected chi connectivity index (χ1v) is 7.13. The zero-order valence-electron chi connectivity index (χ0n) is 12.3. The molecule has 6 nitrogen and oxygen atoms in total. The Morgan fingerprint density at radius 1 is 1.27 bits per heavy atom. The third kappa shape index (κ3) is 3.16. The van der Waals surface area contributed by atoms with E-state index in [1.54, 1.807) is 42.6 Å². The van der Waals surface area contributed by atoms with Crippen molar-refractivity contribution in [2.75, 3.05) is 20.2 Å². The van der Waals surface area contributed by atoms with Gasteiger partial charge in [0.1, 0.15) is 11.9 Å². The molecule has 0 spiro atoms. The SMILES string of the molecule is COc1cccc(C(=O)N2CC[C@H](Oc3ncccn3)C2)c1. The molecule has 114 valence electrons. The number of carbonyl (C=O) groups excluding carboxylic acids is 1. The lowest BCUT2D eigenvalue weighted by Gasteiger charge is -2.17. The minimum atomic E-state index is -0.0723. The van der Waals surface area contributed by atoms with Crippen LogP contribution in [-0.2, 0) is 0 Å². The average Bonchev–Trinajstić information content (AvgIpc) is 3.03. The fraction of sp³-hybridized carbons (Fsp3) is 0.312. The first kappa shape index (κ1) is 14.3. The number of ether oxygens (including phenoxy) is 2. The summed E-state index contributed by atoms with van der Waals surface area (Å²) < 4.78 is 10.9. The van der Waals surface area contributed by atoms with E-state index in [1.807, 2.05) is 12.1 Å². The molecule has 3 rings (SSSR count). The number of aromatic nitrogens is 2. The van der Waals surface area contributed by atoms with Crippen LogP contribution >= 0.6 is 0 Å². The van der Waals surface area contributed by atoms with E-state index < -0.39 is 0 Å². The van der Waals surface area contributed by atoms with Crippen LogP contribution in [0.2, 0.25) is 0 Å². The molecule has 0 N–H and O–H groups in total. The summed E-state index contributed by atoms with van der Waals surface area (Å²) in [7, 11) is 1.59. The quantitative estimate of drug-likeness (QED) is 0.861. The zero-order chi connectivity index (χ0) is 15.4. The van der Waals surface area contributed by atoms with Crippen molar-refractivity contribution < 1.29 is 14.3 Å². The Hall–Kier alpha value is -2.63. The maximum atomic E-state index is 12.5. The van der Waals surface area contributed by atoms with E-state index in [-0.39, 0.29) is 12.0 Å². The van der Waals surface area contributed by atoms with Crippen molar-refractivity contribution in [2.24, 2.45) is 0 Å². The summed E-state index contributed by atoms with van der Waals surface area (Å²) in [6.07, 6.45) is 3.97. The van der Waals surface area contributed by atoms with Gasteiger partial charge in [-0.1, -0.05) is 6.07 Å². The van der Waals surface area contributed by atoms with Gasteiger partial charge >= 0.3 is 6.01 Å². The standard InChI is InChI=1S/C16H17N3O3/c1-21-13-5-2-4-12(10-13)15(20)19-9-6-14(11-19)22-16-17-7-3-8-18-16/h2-5,7-8,10,14H,6,9,11H2,1H3/t14-/m0/s1. The topological polar surface area (TPSA) is 64.5 Å². The van der Waals surface area contributed by atoms with E-state index in [4.69, 9.17) is 9.47 Å². The number of hydrogen-bond acceptors (Lipinski definition) is 5. The first-order chi connectivity index (χ1) is 10.8. The molecule has 1 fully saturated rings. The molecule has 0 radical (unpaired) electrons. The number of nitrogens with zero attached hydrogens (tertiary/aromatic N) is 3. The molecule has 1 aromatic carbocycles. The third-order valence-corrected chi connectivity index (χ3v) is 3.56. The van der Waals surface area contributed by atoms with Crippen LogP contribution in [-0.4, -0.2) is 47.1 Å². The summed E-state index contributed by atoms with van der Waals surface area (Å²) in [5, 5.41) is 0. The second-order valence-corrected chi connectivity index (χ2v) is 5.04. The van der Waals surface area contributed by atoms with Gasteiger partial charge in [0.2, 0.25) is 0 Å². The molecule has 0 aliphatic carbocycles. The van der Waals surface area contributed by atoms with Gasteiger partial charge in [0, 0.05) is 30.9 Å². The monoisotopic (exact) mass is 299 g/mol. The molecule has 2 aromatic rings. The van der Waals surface area contributed by atoms with E-state index in [0.717, 1.165) is 6.42 Å². The Morgan fingerprint density at radius 3 is 2.86 bits per heavy atom. The Morgan fingerprint density at radius 2 is 2.09 bits per heavy atom. The highest BCUT2D eigenvalue weighted by Crippen LogP contribution is 2.19. The summed E-state index contributed by atoms with van der Waals surface area (Å²) in [5.74, 6) is 0.662. The summed E-state index contributed by atoms with van der Waals surface area (Å²) in [4.78, 5) is 22.4. The molecule has 2 heterocycles. The Labute approximate surface area is 128 Å². The normalized spacial score (nSPS) is 17.3. The summed E-state index contributed by atoms with van der Waals surface area (Å²) >= 11 is 0. The van der Waals surface area contributed by atoms with Gasteiger partial charge in [0.15, 0.2) is 0 Å². The van der Waals surface area contributed by atoms with Crippen molar-refractivity contribution in [3.05, 3.63) is 48.3 Å². The molecular weight excluding hydrogens is 282 g/mol. The zero-order valence-corrected chi connectivity index (χ0v) is 12.3. The molecule has 0 saturated carbocycles. The molecule has 1 aromatic heterocycles. The summed E-state index contributed by atoms with van der Waals surface area (Å²) in [5.41, 5.74) is 0.621. The highest BCUT2D eigenvalue weighted by Gasteiger charge is 2.28. The van der Waals surface area contributed by atoms with E-state index >= 15 is 0 Å². The van der Waals surface area contributed by atoms with Gasteiger partial charge in [-0.15, -0.1) is 0 Å². The molecule has 1 amide bonds. The number of likely N-dealkylation sites (tertiary alicyclic amines) is 1. The lowest BCUT2D eigenvalue weighted by atomic mass is 10.2. The van der Waals surface area contributed by atoms with Crippen molar-refractivity contribution in [3.8, 4) is 11.8 Å². The third-order valence-electron chi connectivity index (χ3n) is 3.56. The van der Waals surface area contributed by atoms with Crippen molar-refractivity contribution in [3.63, 3.8) is 0 Å². The Balaban J connectivity index is 1.63. The molecule has 22 heavy (non-hydrogen) atoms. The van der Waals surface area contributed by atoms with Crippen LogP contribution in [0, 0.1) is 0 Å².